The van der Waals surface area contributed by atoms with Gasteiger partial charge in [-0.05, 0) is 53.9 Å². The van der Waals surface area contributed by atoms with Crippen LogP contribution in [0.15, 0.2) is 94.1 Å². The molecule has 36 heavy (non-hydrogen) atoms. The van der Waals surface area contributed by atoms with Crippen LogP contribution in [-0.4, -0.2) is 37.5 Å². The first-order valence-corrected chi connectivity index (χ1v) is 14.3. The molecule has 0 amide bonds. The van der Waals surface area contributed by atoms with Crippen molar-refractivity contribution in [3.05, 3.63) is 94.6 Å². The number of aryl methyl sites for hydroxylation is 1. The van der Waals surface area contributed by atoms with Crippen molar-refractivity contribution in [2.75, 3.05) is 20.2 Å². The van der Waals surface area contributed by atoms with Crippen LogP contribution in [0.25, 0.3) is 11.3 Å². The molecule has 4 aromatic rings. The average Bonchev–Trinajstić information content (AvgIpc) is 3.31. The Morgan fingerprint density at radius 2 is 1.58 bits per heavy atom. The second-order valence-corrected chi connectivity index (χ2v) is 11.0. The standard InChI is InChI=1S/C28H31N3O3S2/c1-4-30(5-2)36(32,33)26-17-11-23(12-18-26)27-21-35-28(29-24-13-15-25(34-3)16-14-24)31(27)20-19-22-9-7-6-8-10-22/h6-18,21H,4-5,19-20H2,1-3H3. The van der Waals surface area contributed by atoms with E-state index in [1.807, 2.05) is 68.4 Å². The van der Waals surface area contributed by atoms with Crippen molar-refractivity contribution >= 4 is 27.0 Å². The van der Waals surface area contributed by atoms with Crippen LogP contribution < -0.4 is 9.54 Å². The predicted molar refractivity (Wildman–Crippen MR) is 146 cm³/mol. The molecule has 0 aliphatic carbocycles. The molecule has 0 spiro atoms. The molecule has 0 bridgehead atoms. The third-order valence-corrected chi connectivity index (χ3v) is 8.98. The number of aromatic nitrogens is 1. The zero-order valence-corrected chi connectivity index (χ0v) is 22.4. The Kier molecular flexibility index (Phi) is 8.40. The van der Waals surface area contributed by atoms with Crippen LogP contribution in [0, 0.1) is 0 Å². The van der Waals surface area contributed by atoms with Crippen molar-refractivity contribution in [3.8, 4) is 17.0 Å². The minimum Gasteiger partial charge on any atom is -0.497 e. The fourth-order valence-electron chi connectivity index (χ4n) is 4.03. The lowest BCUT2D eigenvalue weighted by molar-refractivity contribution is 0.415. The number of methoxy groups -OCH3 is 1. The van der Waals surface area contributed by atoms with E-state index in [4.69, 9.17) is 9.73 Å². The van der Waals surface area contributed by atoms with Crippen molar-refractivity contribution in [1.29, 1.82) is 0 Å². The highest BCUT2D eigenvalue weighted by Gasteiger charge is 2.21. The van der Waals surface area contributed by atoms with E-state index in [-0.39, 0.29) is 0 Å². The maximum atomic E-state index is 12.9. The molecule has 0 unspecified atom stereocenters. The number of thiazole rings is 1. The number of nitrogens with zero attached hydrogens (tertiary/aromatic N) is 3. The fourth-order valence-corrected chi connectivity index (χ4v) is 6.44. The Hall–Kier alpha value is -3.20. The maximum absolute atomic E-state index is 12.9. The smallest absolute Gasteiger partial charge is 0.243 e. The van der Waals surface area contributed by atoms with Crippen LogP contribution >= 0.6 is 11.3 Å². The zero-order chi connectivity index (χ0) is 25.5. The molecular weight excluding hydrogens is 490 g/mol. The van der Waals surface area contributed by atoms with Gasteiger partial charge in [0.15, 0.2) is 4.80 Å². The van der Waals surface area contributed by atoms with Gasteiger partial charge in [0.1, 0.15) is 5.75 Å². The molecular formula is C28H31N3O3S2. The monoisotopic (exact) mass is 521 g/mol. The van der Waals surface area contributed by atoms with Crippen molar-refractivity contribution in [3.63, 3.8) is 0 Å². The van der Waals surface area contributed by atoms with Crippen LogP contribution in [0.2, 0.25) is 0 Å². The highest BCUT2D eigenvalue weighted by Crippen LogP contribution is 2.25. The molecule has 0 N–H and O–H groups in total. The van der Waals surface area contributed by atoms with Crippen LogP contribution in [0.5, 0.6) is 5.75 Å². The number of rotatable bonds is 10. The van der Waals surface area contributed by atoms with Gasteiger partial charge >= 0.3 is 0 Å². The van der Waals surface area contributed by atoms with Gasteiger partial charge in [-0.15, -0.1) is 11.3 Å². The van der Waals surface area contributed by atoms with Gasteiger partial charge in [-0.1, -0.05) is 56.3 Å². The van der Waals surface area contributed by atoms with Crippen LogP contribution in [-0.2, 0) is 23.0 Å². The summed E-state index contributed by atoms with van der Waals surface area (Å²) in [7, 11) is -1.85. The highest BCUT2D eigenvalue weighted by atomic mass is 32.2. The summed E-state index contributed by atoms with van der Waals surface area (Å²) in [6, 6.07) is 25.2. The molecule has 0 fully saturated rings. The third-order valence-electron chi connectivity index (χ3n) is 6.06. The lowest BCUT2D eigenvalue weighted by Gasteiger charge is -2.18. The lowest BCUT2D eigenvalue weighted by Crippen LogP contribution is -2.30. The first kappa shape index (κ1) is 25.9. The Labute approximate surface area is 217 Å². The first-order valence-electron chi connectivity index (χ1n) is 12.0. The van der Waals surface area contributed by atoms with Gasteiger partial charge in [0.25, 0.3) is 0 Å². The Morgan fingerprint density at radius 3 is 2.19 bits per heavy atom. The molecule has 0 atom stereocenters. The second kappa shape index (κ2) is 11.7. The van der Waals surface area contributed by atoms with Gasteiger partial charge < -0.3 is 9.30 Å². The van der Waals surface area contributed by atoms with Gasteiger partial charge in [-0.2, -0.15) is 4.31 Å². The minimum absolute atomic E-state index is 0.309. The Balaban J connectivity index is 1.72. The summed E-state index contributed by atoms with van der Waals surface area (Å²) in [6.07, 6.45) is 0.856. The predicted octanol–water partition coefficient (Wildman–Crippen LogP) is 5.73. The molecule has 188 valence electrons. The number of sulfonamides is 1. The number of hydrogen-bond acceptors (Lipinski definition) is 5. The van der Waals surface area contributed by atoms with Gasteiger partial charge in [0, 0.05) is 25.0 Å². The van der Waals surface area contributed by atoms with E-state index >= 15 is 0 Å². The summed E-state index contributed by atoms with van der Waals surface area (Å²) in [5.74, 6) is 0.789. The molecule has 4 rings (SSSR count). The van der Waals surface area contributed by atoms with Gasteiger partial charge in [-0.25, -0.2) is 13.4 Å². The number of benzene rings is 3. The maximum Gasteiger partial charge on any atom is 0.243 e. The molecule has 8 heteroatoms. The molecule has 1 heterocycles. The summed E-state index contributed by atoms with van der Waals surface area (Å²) in [5, 5.41) is 2.08. The van der Waals surface area contributed by atoms with Gasteiger partial charge in [-0.3, -0.25) is 0 Å². The van der Waals surface area contributed by atoms with Crippen LogP contribution in [0.3, 0.4) is 0 Å². The molecule has 0 aliphatic rings. The van der Waals surface area contributed by atoms with Crippen molar-refractivity contribution in [1.82, 2.24) is 8.87 Å². The zero-order valence-electron chi connectivity index (χ0n) is 20.8. The molecule has 1 aromatic heterocycles. The summed E-state index contributed by atoms with van der Waals surface area (Å²) in [6.45, 7) is 5.34. The lowest BCUT2D eigenvalue weighted by atomic mass is 10.1. The molecule has 3 aromatic carbocycles. The molecule has 0 saturated heterocycles. The molecule has 0 saturated carbocycles. The van der Waals surface area contributed by atoms with Crippen molar-refractivity contribution in [2.45, 2.75) is 31.7 Å². The number of hydrogen-bond donors (Lipinski definition) is 0. The van der Waals surface area contributed by atoms with E-state index < -0.39 is 10.0 Å². The largest absolute Gasteiger partial charge is 0.497 e. The summed E-state index contributed by atoms with van der Waals surface area (Å²) in [4.78, 5) is 6.09. The van der Waals surface area contributed by atoms with E-state index in [0.29, 0.717) is 18.0 Å². The molecule has 0 aliphatic heterocycles. The first-order chi connectivity index (χ1) is 17.5. The second-order valence-electron chi connectivity index (χ2n) is 8.21. The SMILES string of the molecule is CCN(CC)S(=O)(=O)c1ccc(-c2csc(=Nc3ccc(OC)cc3)n2CCc2ccccc2)cc1. The van der Waals surface area contributed by atoms with E-state index in [2.05, 4.69) is 22.1 Å². The molecule has 6 nitrogen and oxygen atoms in total. The normalized spacial score (nSPS) is 12.3. The fraction of sp³-hybridized carbons (Fsp3) is 0.250. The highest BCUT2D eigenvalue weighted by molar-refractivity contribution is 7.89. The van der Waals surface area contributed by atoms with E-state index in [1.54, 1.807) is 30.6 Å². The minimum atomic E-state index is -3.50. The Morgan fingerprint density at radius 1 is 0.917 bits per heavy atom. The van der Waals surface area contributed by atoms with Crippen molar-refractivity contribution in [2.24, 2.45) is 4.99 Å². The van der Waals surface area contributed by atoms with E-state index in [1.165, 1.54) is 9.87 Å². The van der Waals surface area contributed by atoms with Gasteiger partial charge in [0.2, 0.25) is 10.0 Å². The average molecular weight is 522 g/mol. The van der Waals surface area contributed by atoms with Crippen LogP contribution in [0.1, 0.15) is 19.4 Å². The number of ether oxygens (including phenoxy) is 1. The van der Waals surface area contributed by atoms with E-state index in [9.17, 15) is 8.42 Å². The summed E-state index contributed by atoms with van der Waals surface area (Å²) < 4.78 is 34.8. The quantitative estimate of drug-likeness (QED) is 0.268. The van der Waals surface area contributed by atoms with E-state index in [0.717, 1.165) is 40.5 Å². The van der Waals surface area contributed by atoms with Crippen LogP contribution in [0.4, 0.5) is 5.69 Å². The summed E-state index contributed by atoms with van der Waals surface area (Å²) >= 11 is 1.57. The van der Waals surface area contributed by atoms with Gasteiger partial charge in [0.05, 0.1) is 23.4 Å². The molecule has 0 radical (unpaired) electrons. The summed E-state index contributed by atoms with van der Waals surface area (Å²) in [5.41, 5.74) is 4.06. The Bertz CT molecular complexity index is 1440. The third kappa shape index (κ3) is 5.78. The van der Waals surface area contributed by atoms with Crippen molar-refractivity contribution < 1.29 is 13.2 Å². The topological polar surface area (TPSA) is 63.9 Å².